The molecule has 1 saturated carbocycles. The molecule has 0 radical (unpaired) electrons. The van der Waals surface area contributed by atoms with E-state index < -0.39 is 0 Å². The SMILES string of the molecule is CC1CCC1NCC1CCCO1. The van der Waals surface area contributed by atoms with Crippen LogP contribution in [0, 0.1) is 5.92 Å². The third kappa shape index (κ3) is 1.80. The molecule has 1 saturated heterocycles. The van der Waals surface area contributed by atoms with E-state index in [-0.39, 0.29) is 0 Å². The molecule has 2 rings (SSSR count). The molecule has 2 aliphatic rings. The van der Waals surface area contributed by atoms with E-state index >= 15 is 0 Å². The summed E-state index contributed by atoms with van der Waals surface area (Å²) in [4.78, 5) is 0. The van der Waals surface area contributed by atoms with Crippen molar-refractivity contribution in [3.05, 3.63) is 0 Å². The number of hydrogen-bond donors (Lipinski definition) is 1. The minimum Gasteiger partial charge on any atom is -0.377 e. The summed E-state index contributed by atoms with van der Waals surface area (Å²) in [5, 5.41) is 3.59. The molecule has 0 aromatic heterocycles. The molecule has 0 aromatic carbocycles. The number of rotatable bonds is 3. The molecular formula is C10H19NO. The minimum atomic E-state index is 0.512. The summed E-state index contributed by atoms with van der Waals surface area (Å²) >= 11 is 0. The Labute approximate surface area is 74.7 Å². The summed E-state index contributed by atoms with van der Waals surface area (Å²) < 4.78 is 5.54. The van der Waals surface area contributed by atoms with E-state index in [1.54, 1.807) is 0 Å². The summed E-state index contributed by atoms with van der Waals surface area (Å²) in [5.41, 5.74) is 0. The van der Waals surface area contributed by atoms with Gasteiger partial charge in [0.05, 0.1) is 6.10 Å². The van der Waals surface area contributed by atoms with Crippen molar-refractivity contribution in [3.63, 3.8) is 0 Å². The van der Waals surface area contributed by atoms with Crippen molar-refractivity contribution < 1.29 is 4.74 Å². The Kier molecular flexibility index (Phi) is 2.66. The topological polar surface area (TPSA) is 21.3 Å². The number of ether oxygens (including phenoxy) is 1. The van der Waals surface area contributed by atoms with E-state index in [4.69, 9.17) is 4.74 Å². The van der Waals surface area contributed by atoms with E-state index in [1.807, 2.05) is 0 Å². The standard InChI is InChI=1S/C10H19NO/c1-8-4-5-10(8)11-7-9-3-2-6-12-9/h8-11H,2-7H2,1H3. The summed E-state index contributed by atoms with van der Waals surface area (Å²) in [6.07, 6.45) is 5.80. The van der Waals surface area contributed by atoms with Crippen LogP contribution in [0.15, 0.2) is 0 Å². The van der Waals surface area contributed by atoms with Gasteiger partial charge in [0.2, 0.25) is 0 Å². The van der Waals surface area contributed by atoms with Crippen LogP contribution < -0.4 is 5.32 Å². The fourth-order valence-electron chi connectivity index (χ4n) is 2.06. The van der Waals surface area contributed by atoms with Gasteiger partial charge in [0.25, 0.3) is 0 Å². The van der Waals surface area contributed by atoms with E-state index in [0.717, 1.165) is 25.1 Å². The summed E-state index contributed by atoms with van der Waals surface area (Å²) in [6, 6.07) is 0.786. The monoisotopic (exact) mass is 169 g/mol. The van der Waals surface area contributed by atoms with Crippen LogP contribution in [-0.2, 0) is 4.74 Å². The Morgan fingerprint density at radius 2 is 2.25 bits per heavy atom. The van der Waals surface area contributed by atoms with Gasteiger partial charge in [-0.1, -0.05) is 6.92 Å². The van der Waals surface area contributed by atoms with Gasteiger partial charge >= 0.3 is 0 Å². The molecule has 1 heterocycles. The Morgan fingerprint density at radius 3 is 2.75 bits per heavy atom. The average Bonchev–Trinajstić information content (AvgIpc) is 2.54. The van der Waals surface area contributed by atoms with Crippen LogP contribution in [0.1, 0.15) is 32.6 Å². The lowest BCUT2D eigenvalue weighted by Crippen LogP contribution is -2.45. The highest BCUT2D eigenvalue weighted by molar-refractivity contribution is 4.84. The molecule has 2 heteroatoms. The lowest BCUT2D eigenvalue weighted by Gasteiger charge is -2.35. The predicted molar refractivity (Wildman–Crippen MR) is 49.2 cm³/mol. The van der Waals surface area contributed by atoms with Crippen LogP contribution in [0.3, 0.4) is 0 Å². The van der Waals surface area contributed by atoms with E-state index in [2.05, 4.69) is 12.2 Å². The van der Waals surface area contributed by atoms with Crippen molar-refractivity contribution >= 4 is 0 Å². The predicted octanol–water partition coefficient (Wildman–Crippen LogP) is 1.55. The Morgan fingerprint density at radius 1 is 1.33 bits per heavy atom. The molecular weight excluding hydrogens is 150 g/mol. The van der Waals surface area contributed by atoms with Crippen molar-refractivity contribution in [3.8, 4) is 0 Å². The van der Waals surface area contributed by atoms with Gasteiger partial charge in [-0.05, 0) is 31.6 Å². The second-order valence-corrected chi connectivity index (χ2v) is 4.20. The Bertz CT molecular complexity index is 141. The van der Waals surface area contributed by atoms with Crippen molar-refractivity contribution in [2.45, 2.75) is 44.8 Å². The van der Waals surface area contributed by atoms with Gasteiger partial charge in [0.15, 0.2) is 0 Å². The molecule has 12 heavy (non-hydrogen) atoms. The van der Waals surface area contributed by atoms with Gasteiger partial charge in [-0.15, -0.1) is 0 Å². The van der Waals surface area contributed by atoms with Crippen molar-refractivity contribution in [1.29, 1.82) is 0 Å². The molecule has 2 nitrogen and oxygen atoms in total. The third-order valence-corrected chi connectivity index (χ3v) is 3.25. The van der Waals surface area contributed by atoms with Gasteiger partial charge < -0.3 is 10.1 Å². The highest BCUT2D eigenvalue weighted by Gasteiger charge is 2.27. The zero-order valence-corrected chi connectivity index (χ0v) is 7.88. The van der Waals surface area contributed by atoms with Gasteiger partial charge in [0, 0.05) is 19.2 Å². The minimum absolute atomic E-state index is 0.512. The zero-order chi connectivity index (χ0) is 8.39. The van der Waals surface area contributed by atoms with Crippen LogP contribution in [0.5, 0.6) is 0 Å². The van der Waals surface area contributed by atoms with Gasteiger partial charge in [0.1, 0.15) is 0 Å². The van der Waals surface area contributed by atoms with E-state index in [9.17, 15) is 0 Å². The van der Waals surface area contributed by atoms with Crippen molar-refractivity contribution in [1.82, 2.24) is 5.32 Å². The third-order valence-electron chi connectivity index (χ3n) is 3.25. The molecule has 3 unspecified atom stereocenters. The average molecular weight is 169 g/mol. The van der Waals surface area contributed by atoms with Crippen molar-refractivity contribution in [2.75, 3.05) is 13.2 Å². The van der Waals surface area contributed by atoms with Crippen LogP contribution in [0.25, 0.3) is 0 Å². The first kappa shape index (κ1) is 8.52. The van der Waals surface area contributed by atoms with Crippen molar-refractivity contribution in [2.24, 2.45) is 5.92 Å². The van der Waals surface area contributed by atoms with Gasteiger partial charge in [-0.2, -0.15) is 0 Å². The normalized spacial score (nSPS) is 41.2. The highest BCUT2D eigenvalue weighted by atomic mass is 16.5. The fourth-order valence-corrected chi connectivity index (χ4v) is 2.06. The summed E-state index contributed by atoms with van der Waals surface area (Å²) in [5.74, 6) is 0.895. The maximum absolute atomic E-state index is 5.54. The summed E-state index contributed by atoms with van der Waals surface area (Å²) in [6.45, 7) is 4.39. The largest absolute Gasteiger partial charge is 0.377 e. The quantitative estimate of drug-likeness (QED) is 0.692. The van der Waals surface area contributed by atoms with Gasteiger partial charge in [-0.3, -0.25) is 0 Å². The number of hydrogen-bond acceptors (Lipinski definition) is 2. The molecule has 2 fully saturated rings. The molecule has 1 aliphatic heterocycles. The molecule has 70 valence electrons. The molecule has 0 spiro atoms. The van der Waals surface area contributed by atoms with Crippen LogP contribution in [0.4, 0.5) is 0 Å². The van der Waals surface area contributed by atoms with Crippen LogP contribution >= 0.6 is 0 Å². The van der Waals surface area contributed by atoms with Gasteiger partial charge in [-0.25, -0.2) is 0 Å². The molecule has 0 aromatic rings. The van der Waals surface area contributed by atoms with E-state index in [0.29, 0.717) is 6.10 Å². The molecule has 0 bridgehead atoms. The summed E-state index contributed by atoms with van der Waals surface area (Å²) in [7, 11) is 0. The molecule has 0 amide bonds. The first-order chi connectivity index (χ1) is 5.86. The Hall–Kier alpha value is -0.0800. The maximum atomic E-state index is 5.54. The smallest absolute Gasteiger partial charge is 0.0700 e. The first-order valence-electron chi connectivity index (χ1n) is 5.21. The maximum Gasteiger partial charge on any atom is 0.0700 e. The molecule has 1 aliphatic carbocycles. The highest BCUT2D eigenvalue weighted by Crippen LogP contribution is 2.26. The zero-order valence-electron chi connectivity index (χ0n) is 7.88. The van der Waals surface area contributed by atoms with Crippen LogP contribution in [0.2, 0.25) is 0 Å². The second kappa shape index (κ2) is 3.75. The number of nitrogens with one attached hydrogen (secondary N) is 1. The fraction of sp³-hybridized carbons (Fsp3) is 1.00. The second-order valence-electron chi connectivity index (χ2n) is 4.20. The lowest BCUT2D eigenvalue weighted by atomic mass is 9.81. The first-order valence-corrected chi connectivity index (χ1v) is 5.21. The van der Waals surface area contributed by atoms with Crippen LogP contribution in [-0.4, -0.2) is 25.3 Å². The lowest BCUT2D eigenvalue weighted by molar-refractivity contribution is 0.0976. The molecule has 1 N–H and O–H groups in total. The Balaban J connectivity index is 1.61. The molecule has 3 atom stereocenters. The van der Waals surface area contributed by atoms with E-state index in [1.165, 1.54) is 25.7 Å².